The topological polar surface area (TPSA) is 111 Å². The molecule has 1 N–H and O–H groups in total. The van der Waals surface area contributed by atoms with Crippen LogP contribution in [-0.2, 0) is 14.8 Å². The van der Waals surface area contributed by atoms with Gasteiger partial charge in [0.25, 0.3) is 15.9 Å². The summed E-state index contributed by atoms with van der Waals surface area (Å²) in [7, 11) is -1.68. The van der Waals surface area contributed by atoms with Gasteiger partial charge in [0.15, 0.2) is 11.5 Å². The lowest BCUT2D eigenvalue weighted by Crippen LogP contribution is -2.37. The van der Waals surface area contributed by atoms with Crippen LogP contribution in [0.25, 0.3) is 0 Å². The molecule has 0 aromatic heterocycles. The van der Waals surface area contributed by atoms with Gasteiger partial charge in [-0.25, -0.2) is 12.7 Å². The summed E-state index contributed by atoms with van der Waals surface area (Å²) in [5.41, 5.74) is -0.0801. The highest BCUT2D eigenvalue weighted by Gasteiger charge is 2.43. The van der Waals surface area contributed by atoms with Crippen LogP contribution in [-0.4, -0.2) is 51.9 Å². The first-order valence-corrected chi connectivity index (χ1v) is 10.3. The Morgan fingerprint density at radius 3 is 2.35 bits per heavy atom. The summed E-state index contributed by atoms with van der Waals surface area (Å²) in [4.78, 5) is 24.7. The van der Waals surface area contributed by atoms with Crippen molar-refractivity contribution in [3.63, 3.8) is 0 Å². The average molecular weight is 477 g/mol. The number of hydrogen-bond donors (Lipinski definition) is 1. The largest absolute Gasteiger partial charge is 0.493 e. The maximum Gasteiger partial charge on any atom is 0.387 e. The molecular formula is C18H15ClF2N2O7S. The molecule has 0 unspecified atom stereocenters. The Balaban J connectivity index is 1.80. The first kappa shape index (κ1) is 22.6. The van der Waals surface area contributed by atoms with Gasteiger partial charge in [-0.3, -0.25) is 9.59 Å². The van der Waals surface area contributed by atoms with Crippen molar-refractivity contribution in [2.45, 2.75) is 11.5 Å². The van der Waals surface area contributed by atoms with Gasteiger partial charge >= 0.3 is 6.61 Å². The molecule has 3 rings (SSSR count). The third kappa shape index (κ3) is 4.35. The SMILES string of the molecule is COc1cc2c(cc1OC)S(=O)(=O)N(CC(=O)Nc1ccc(OC(F)F)c(Cl)c1)C2=O. The molecule has 0 aliphatic carbocycles. The standard InChI is InChI=1S/C18H15ClF2N2O7S/c1-28-13-6-10-15(7-14(13)29-2)31(26,27)23(17(10)25)8-16(24)22-9-3-4-12(11(19)5-9)30-18(20)21/h3-7,18H,8H2,1-2H3,(H,22,24). The molecule has 0 bridgehead atoms. The monoisotopic (exact) mass is 476 g/mol. The summed E-state index contributed by atoms with van der Waals surface area (Å²) in [5.74, 6) is -1.82. The van der Waals surface area contributed by atoms with E-state index in [0.717, 1.165) is 18.2 Å². The Bertz CT molecular complexity index is 1160. The van der Waals surface area contributed by atoms with Crippen LogP contribution in [0, 0.1) is 0 Å². The summed E-state index contributed by atoms with van der Waals surface area (Å²) < 4.78 is 64.9. The number of carbonyl (C=O) groups is 2. The van der Waals surface area contributed by atoms with Crippen molar-refractivity contribution in [2.75, 3.05) is 26.1 Å². The summed E-state index contributed by atoms with van der Waals surface area (Å²) >= 11 is 5.82. The molecule has 9 nitrogen and oxygen atoms in total. The Morgan fingerprint density at radius 1 is 1.13 bits per heavy atom. The Labute approximate surface area is 180 Å². The Hall–Kier alpha value is -3.12. The molecule has 0 fully saturated rings. The van der Waals surface area contributed by atoms with Crippen LogP contribution < -0.4 is 19.5 Å². The van der Waals surface area contributed by atoms with Gasteiger partial charge in [-0.15, -0.1) is 0 Å². The third-order valence-corrected chi connectivity index (χ3v) is 6.29. The molecular weight excluding hydrogens is 462 g/mol. The Morgan fingerprint density at radius 2 is 1.77 bits per heavy atom. The minimum absolute atomic E-state index is 0.0847. The van der Waals surface area contributed by atoms with Crippen LogP contribution in [0.4, 0.5) is 14.5 Å². The van der Waals surface area contributed by atoms with Crippen molar-refractivity contribution in [1.29, 1.82) is 0 Å². The quantitative estimate of drug-likeness (QED) is 0.654. The number of fused-ring (bicyclic) bond motifs is 1. The van der Waals surface area contributed by atoms with E-state index < -0.39 is 35.0 Å². The van der Waals surface area contributed by atoms with Gasteiger partial charge < -0.3 is 19.5 Å². The minimum atomic E-state index is -4.31. The molecule has 1 aliphatic heterocycles. The lowest BCUT2D eigenvalue weighted by molar-refractivity contribution is -0.116. The smallest absolute Gasteiger partial charge is 0.387 e. The van der Waals surface area contributed by atoms with Gasteiger partial charge in [0.2, 0.25) is 5.91 Å². The molecule has 0 saturated heterocycles. The summed E-state index contributed by atoms with van der Waals surface area (Å²) in [6.07, 6.45) is 0. The number of ether oxygens (including phenoxy) is 3. The number of nitrogens with one attached hydrogen (secondary N) is 1. The van der Waals surface area contributed by atoms with Gasteiger partial charge in [-0.2, -0.15) is 8.78 Å². The van der Waals surface area contributed by atoms with Crippen molar-refractivity contribution >= 4 is 39.1 Å². The second-order valence-electron chi connectivity index (χ2n) is 6.09. The Kier molecular flexibility index (Phi) is 6.23. The van der Waals surface area contributed by atoms with Crippen LogP contribution in [0.1, 0.15) is 10.4 Å². The fourth-order valence-corrected chi connectivity index (χ4v) is 4.61. The van der Waals surface area contributed by atoms with Crippen LogP contribution in [0.3, 0.4) is 0 Å². The van der Waals surface area contributed by atoms with Crippen LogP contribution in [0.2, 0.25) is 5.02 Å². The van der Waals surface area contributed by atoms with E-state index >= 15 is 0 Å². The van der Waals surface area contributed by atoms with Crippen molar-refractivity contribution in [3.8, 4) is 17.2 Å². The van der Waals surface area contributed by atoms with Gasteiger partial charge in [0, 0.05) is 11.8 Å². The van der Waals surface area contributed by atoms with Gasteiger partial charge in [0.1, 0.15) is 17.2 Å². The number of methoxy groups -OCH3 is 2. The molecule has 2 aromatic carbocycles. The first-order valence-electron chi connectivity index (χ1n) is 8.45. The number of halogens is 3. The maximum atomic E-state index is 12.8. The maximum absolute atomic E-state index is 12.8. The molecule has 166 valence electrons. The van der Waals surface area contributed by atoms with E-state index in [4.69, 9.17) is 21.1 Å². The zero-order valence-corrected chi connectivity index (χ0v) is 17.6. The van der Waals surface area contributed by atoms with Gasteiger partial charge in [0.05, 0.1) is 24.8 Å². The van der Waals surface area contributed by atoms with Crippen molar-refractivity contribution < 1.29 is 41.0 Å². The number of amides is 2. The number of sulfonamides is 1. The van der Waals surface area contributed by atoms with Crippen molar-refractivity contribution in [1.82, 2.24) is 4.31 Å². The summed E-state index contributed by atoms with van der Waals surface area (Å²) in [5, 5.41) is 2.15. The number of anilines is 1. The number of hydrogen-bond acceptors (Lipinski definition) is 7. The highest BCUT2D eigenvalue weighted by molar-refractivity contribution is 7.90. The fraction of sp³-hybridized carbons (Fsp3) is 0.222. The molecule has 2 aromatic rings. The number of carbonyl (C=O) groups excluding carboxylic acids is 2. The van der Waals surface area contributed by atoms with Gasteiger partial charge in [-0.1, -0.05) is 11.6 Å². The number of alkyl halides is 2. The number of rotatable bonds is 7. The highest BCUT2D eigenvalue weighted by Crippen LogP contribution is 2.38. The molecule has 1 heterocycles. The van der Waals surface area contributed by atoms with Gasteiger partial charge in [-0.05, 0) is 24.3 Å². The van der Waals surface area contributed by atoms with Crippen LogP contribution in [0.15, 0.2) is 35.2 Å². The minimum Gasteiger partial charge on any atom is -0.493 e. The third-order valence-electron chi connectivity index (χ3n) is 4.23. The number of benzene rings is 2. The first-order chi connectivity index (χ1) is 14.6. The lowest BCUT2D eigenvalue weighted by Gasteiger charge is -2.15. The molecule has 0 radical (unpaired) electrons. The molecule has 2 amide bonds. The molecule has 0 saturated carbocycles. The van der Waals surface area contributed by atoms with E-state index in [1.807, 2.05) is 0 Å². The second kappa shape index (κ2) is 8.55. The second-order valence-corrected chi connectivity index (χ2v) is 8.33. The van der Waals surface area contributed by atoms with E-state index in [1.165, 1.54) is 26.4 Å². The van der Waals surface area contributed by atoms with E-state index in [9.17, 15) is 26.8 Å². The van der Waals surface area contributed by atoms with Crippen LogP contribution >= 0.6 is 11.6 Å². The predicted octanol–water partition coefficient (Wildman–Crippen LogP) is 2.74. The van der Waals surface area contributed by atoms with E-state index in [1.54, 1.807) is 0 Å². The zero-order chi connectivity index (χ0) is 22.9. The summed E-state index contributed by atoms with van der Waals surface area (Å²) in [6.45, 7) is -3.91. The van der Waals surface area contributed by atoms with Crippen molar-refractivity contribution in [2.24, 2.45) is 0 Å². The molecule has 13 heteroatoms. The molecule has 1 aliphatic rings. The fourth-order valence-electron chi connectivity index (χ4n) is 2.86. The van der Waals surface area contributed by atoms with Crippen molar-refractivity contribution in [3.05, 3.63) is 40.9 Å². The molecule has 0 spiro atoms. The van der Waals surface area contributed by atoms with Crippen LogP contribution in [0.5, 0.6) is 17.2 Å². The van der Waals surface area contributed by atoms with E-state index in [2.05, 4.69) is 10.1 Å². The highest BCUT2D eigenvalue weighted by atomic mass is 35.5. The van der Waals surface area contributed by atoms with E-state index in [-0.39, 0.29) is 38.4 Å². The zero-order valence-electron chi connectivity index (χ0n) is 16.0. The molecule has 31 heavy (non-hydrogen) atoms. The van der Waals surface area contributed by atoms with E-state index in [0.29, 0.717) is 4.31 Å². The lowest BCUT2D eigenvalue weighted by atomic mass is 10.2. The number of nitrogens with zero attached hydrogens (tertiary/aromatic N) is 1. The normalized spacial score (nSPS) is 14.4. The average Bonchev–Trinajstić information content (AvgIpc) is 2.88. The summed E-state index contributed by atoms with van der Waals surface area (Å²) in [6, 6.07) is 5.83. The molecule has 0 atom stereocenters. The predicted molar refractivity (Wildman–Crippen MR) is 104 cm³/mol.